The summed E-state index contributed by atoms with van der Waals surface area (Å²) in [5.74, 6) is -0.161. The third-order valence-electron chi connectivity index (χ3n) is 1.76. The summed E-state index contributed by atoms with van der Waals surface area (Å²) in [6.45, 7) is 3.90. The molecule has 1 rings (SSSR count). The second kappa shape index (κ2) is 4.13. The Morgan fingerprint density at radius 1 is 1.62 bits per heavy atom. The number of ketones is 1. The minimum atomic E-state index is -0.193. The van der Waals surface area contributed by atoms with Crippen LogP contribution in [0.3, 0.4) is 0 Å². The number of nitrogens with zero attached hydrogens (tertiary/aromatic N) is 3. The van der Waals surface area contributed by atoms with Crippen LogP contribution < -0.4 is 0 Å². The van der Waals surface area contributed by atoms with Gasteiger partial charge in [-0.15, -0.1) is 5.10 Å². The topological polar surface area (TPSA) is 68.0 Å². The van der Waals surface area contributed by atoms with Gasteiger partial charge in [-0.05, 0) is 6.42 Å². The Balaban J connectivity index is 3.03. The molecule has 0 aromatic carbocycles. The number of rotatable bonds is 4. The molecule has 1 N–H and O–H groups in total. The molecule has 0 aliphatic rings. The van der Waals surface area contributed by atoms with E-state index in [1.54, 1.807) is 4.68 Å². The van der Waals surface area contributed by atoms with Gasteiger partial charge in [-0.2, -0.15) is 0 Å². The Labute approximate surface area is 76.4 Å². The van der Waals surface area contributed by atoms with Crippen molar-refractivity contribution in [3.05, 3.63) is 11.4 Å². The van der Waals surface area contributed by atoms with Crippen molar-refractivity contribution in [3.63, 3.8) is 0 Å². The van der Waals surface area contributed by atoms with E-state index < -0.39 is 0 Å². The average Bonchev–Trinajstić information content (AvgIpc) is 2.48. The first-order valence-electron chi connectivity index (χ1n) is 4.24. The van der Waals surface area contributed by atoms with Crippen LogP contribution >= 0.6 is 0 Å². The highest BCUT2D eigenvalue weighted by molar-refractivity contribution is 5.93. The van der Waals surface area contributed by atoms with Crippen molar-refractivity contribution in [2.45, 2.75) is 33.4 Å². The number of hydrogen-bond donors (Lipinski definition) is 1. The molecule has 1 aromatic heterocycles. The second-order valence-corrected chi connectivity index (χ2v) is 2.82. The van der Waals surface area contributed by atoms with Gasteiger partial charge in [0.2, 0.25) is 0 Å². The van der Waals surface area contributed by atoms with Gasteiger partial charge in [-0.25, -0.2) is 4.68 Å². The average molecular weight is 183 g/mol. The Morgan fingerprint density at radius 2 is 2.31 bits per heavy atom. The highest BCUT2D eigenvalue weighted by Crippen LogP contribution is 2.06. The molecule has 0 spiro atoms. The lowest BCUT2D eigenvalue weighted by Crippen LogP contribution is -2.07. The highest BCUT2D eigenvalue weighted by Gasteiger charge is 2.14. The number of hydrogen-bond acceptors (Lipinski definition) is 4. The molecule has 0 fully saturated rings. The van der Waals surface area contributed by atoms with Crippen LogP contribution in [0.15, 0.2) is 0 Å². The minimum Gasteiger partial charge on any atom is -0.390 e. The molecule has 0 bridgehead atoms. The molecule has 0 unspecified atom stereocenters. The number of aliphatic hydroxyl groups excluding tert-OH is 1. The number of aryl methyl sites for hydroxylation is 1. The zero-order valence-electron chi connectivity index (χ0n) is 7.82. The lowest BCUT2D eigenvalue weighted by molar-refractivity contribution is 0.100. The molecular weight excluding hydrogens is 170 g/mol. The van der Waals surface area contributed by atoms with Crippen LogP contribution in [-0.4, -0.2) is 25.9 Å². The van der Waals surface area contributed by atoms with E-state index in [1.165, 1.54) is 6.92 Å². The maximum Gasteiger partial charge on any atom is 0.182 e. The summed E-state index contributed by atoms with van der Waals surface area (Å²) in [5, 5.41) is 16.5. The molecule has 0 aliphatic carbocycles. The van der Waals surface area contributed by atoms with E-state index in [1.807, 2.05) is 6.92 Å². The summed E-state index contributed by atoms with van der Waals surface area (Å²) in [6.07, 6.45) is 0.897. The van der Waals surface area contributed by atoms with Crippen molar-refractivity contribution >= 4 is 5.78 Å². The minimum absolute atomic E-state index is 0.161. The first kappa shape index (κ1) is 9.85. The summed E-state index contributed by atoms with van der Waals surface area (Å²) in [6, 6.07) is 0. The molecule has 5 heteroatoms. The van der Waals surface area contributed by atoms with Gasteiger partial charge in [0.1, 0.15) is 0 Å². The van der Waals surface area contributed by atoms with Crippen LogP contribution in [0.4, 0.5) is 0 Å². The summed E-state index contributed by atoms with van der Waals surface area (Å²) >= 11 is 0. The zero-order chi connectivity index (χ0) is 9.84. The lowest BCUT2D eigenvalue weighted by atomic mass is 10.2. The van der Waals surface area contributed by atoms with Crippen LogP contribution in [0.2, 0.25) is 0 Å². The van der Waals surface area contributed by atoms with E-state index in [0.717, 1.165) is 6.42 Å². The van der Waals surface area contributed by atoms with Gasteiger partial charge in [0.15, 0.2) is 11.5 Å². The number of aliphatic hydroxyl groups is 1. The summed E-state index contributed by atoms with van der Waals surface area (Å²) < 4.78 is 1.57. The molecule has 1 heterocycles. The molecule has 0 atom stereocenters. The highest BCUT2D eigenvalue weighted by atomic mass is 16.3. The maximum atomic E-state index is 11.0. The third kappa shape index (κ3) is 1.92. The predicted octanol–water partition coefficient (Wildman–Crippen LogP) is 0.383. The van der Waals surface area contributed by atoms with Crippen molar-refractivity contribution in [3.8, 4) is 0 Å². The Bertz CT molecular complexity index is 306. The van der Waals surface area contributed by atoms with Gasteiger partial charge in [0.05, 0.1) is 12.3 Å². The Morgan fingerprint density at radius 3 is 2.77 bits per heavy atom. The molecule has 0 amide bonds. The summed E-state index contributed by atoms with van der Waals surface area (Å²) in [4.78, 5) is 11.0. The number of aromatic nitrogens is 3. The first-order valence-corrected chi connectivity index (χ1v) is 4.24. The number of carbonyl (C=O) groups is 1. The smallest absolute Gasteiger partial charge is 0.182 e. The molecule has 72 valence electrons. The molecule has 13 heavy (non-hydrogen) atoms. The van der Waals surface area contributed by atoms with Crippen LogP contribution in [0.5, 0.6) is 0 Å². The predicted molar refractivity (Wildman–Crippen MR) is 46.2 cm³/mol. The zero-order valence-corrected chi connectivity index (χ0v) is 7.82. The van der Waals surface area contributed by atoms with E-state index in [2.05, 4.69) is 10.3 Å². The summed E-state index contributed by atoms with van der Waals surface area (Å²) in [5.41, 5.74) is 0.783. The van der Waals surface area contributed by atoms with Crippen LogP contribution in [0, 0.1) is 0 Å². The molecule has 0 saturated heterocycles. The van der Waals surface area contributed by atoms with Gasteiger partial charge >= 0.3 is 0 Å². The van der Waals surface area contributed by atoms with Gasteiger partial charge in [0.25, 0.3) is 0 Å². The maximum absolute atomic E-state index is 11.0. The van der Waals surface area contributed by atoms with Crippen LogP contribution in [0.25, 0.3) is 0 Å². The van der Waals surface area contributed by atoms with E-state index in [0.29, 0.717) is 12.2 Å². The van der Waals surface area contributed by atoms with Crippen molar-refractivity contribution in [1.82, 2.24) is 15.0 Å². The van der Waals surface area contributed by atoms with Gasteiger partial charge in [-0.3, -0.25) is 4.79 Å². The fourth-order valence-corrected chi connectivity index (χ4v) is 1.15. The summed E-state index contributed by atoms with van der Waals surface area (Å²) in [7, 11) is 0. The van der Waals surface area contributed by atoms with Gasteiger partial charge in [-0.1, -0.05) is 12.1 Å². The Hall–Kier alpha value is -1.23. The molecule has 0 saturated carbocycles. The van der Waals surface area contributed by atoms with Gasteiger partial charge in [0, 0.05) is 13.5 Å². The molecule has 1 aromatic rings. The standard InChI is InChI=1S/C8H13N3O2/c1-3-4-11-7(5-12)8(6(2)13)9-10-11/h12H,3-5H2,1-2H3. The van der Waals surface area contributed by atoms with Crippen molar-refractivity contribution in [2.24, 2.45) is 0 Å². The first-order chi connectivity index (χ1) is 6.20. The fraction of sp³-hybridized carbons (Fsp3) is 0.625. The molecule has 0 radical (unpaired) electrons. The van der Waals surface area contributed by atoms with Crippen molar-refractivity contribution in [1.29, 1.82) is 0 Å². The quantitative estimate of drug-likeness (QED) is 0.685. The van der Waals surface area contributed by atoms with Crippen molar-refractivity contribution in [2.75, 3.05) is 0 Å². The number of carbonyl (C=O) groups excluding carboxylic acids is 1. The fourth-order valence-electron chi connectivity index (χ4n) is 1.15. The Kier molecular flexibility index (Phi) is 3.13. The molecule has 0 aliphatic heterocycles. The van der Waals surface area contributed by atoms with E-state index in [9.17, 15) is 4.79 Å². The largest absolute Gasteiger partial charge is 0.390 e. The van der Waals surface area contributed by atoms with Crippen molar-refractivity contribution < 1.29 is 9.90 Å². The molecule has 5 nitrogen and oxygen atoms in total. The normalized spacial score (nSPS) is 10.4. The second-order valence-electron chi connectivity index (χ2n) is 2.82. The van der Waals surface area contributed by atoms with Crippen LogP contribution in [-0.2, 0) is 13.2 Å². The monoisotopic (exact) mass is 183 g/mol. The SMILES string of the molecule is CCCn1nnc(C(C)=O)c1CO. The van der Waals surface area contributed by atoms with Crippen LogP contribution in [0.1, 0.15) is 36.5 Å². The molecular formula is C8H13N3O2. The van der Waals surface area contributed by atoms with Gasteiger partial charge < -0.3 is 5.11 Å². The van der Waals surface area contributed by atoms with E-state index in [4.69, 9.17) is 5.11 Å². The lowest BCUT2D eigenvalue weighted by Gasteiger charge is -2.01. The van der Waals surface area contributed by atoms with E-state index >= 15 is 0 Å². The number of Topliss-reactive ketones (excluding diaryl/α,β-unsaturated/α-hetero) is 1. The third-order valence-corrected chi connectivity index (χ3v) is 1.76. The van der Waals surface area contributed by atoms with E-state index in [-0.39, 0.29) is 18.1 Å².